The van der Waals surface area contributed by atoms with Gasteiger partial charge in [0.05, 0.1) is 12.6 Å². The minimum Gasteiger partial charge on any atom is -0.325 e. The Morgan fingerprint density at radius 2 is 1.75 bits per heavy atom. The molecule has 0 aliphatic heterocycles. The zero-order valence-electron chi connectivity index (χ0n) is 11.9. The van der Waals surface area contributed by atoms with Crippen molar-refractivity contribution in [3.63, 3.8) is 0 Å². The smallest absolute Gasteiger partial charge is 0.238 e. The molecule has 106 valence electrons. The molecule has 0 saturated heterocycles. The molecule has 6 nitrogen and oxygen atoms in total. The maximum absolute atomic E-state index is 11.7. The highest BCUT2D eigenvalue weighted by molar-refractivity contribution is 5.96. The quantitative estimate of drug-likeness (QED) is 0.848. The molecule has 1 rings (SSSR count). The van der Waals surface area contributed by atoms with Gasteiger partial charge >= 0.3 is 0 Å². The summed E-state index contributed by atoms with van der Waals surface area (Å²) in [5.74, 6) is -0.494. The molecule has 2 amide bonds. The number of nitrogens with one attached hydrogen (secondary N) is 2. The second-order valence-corrected chi connectivity index (χ2v) is 4.65. The fourth-order valence-electron chi connectivity index (χ4n) is 1.65. The maximum atomic E-state index is 11.7. The first-order chi connectivity index (χ1) is 9.43. The second-order valence-electron chi connectivity index (χ2n) is 4.65. The summed E-state index contributed by atoms with van der Waals surface area (Å²) in [6.07, 6.45) is -0.198. The van der Waals surface area contributed by atoms with Gasteiger partial charge in [-0.1, -0.05) is 6.07 Å². The Balaban J connectivity index is 2.82. The first kappa shape index (κ1) is 15.7. The van der Waals surface area contributed by atoms with Gasteiger partial charge in [0.25, 0.3) is 0 Å². The molecule has 0 fully saturated rings. The fraction of sp³-hybridized carbons (Fsp3) is 0.357. The van der Waals surface area contributed by atoms with E-state index in [0.29, 0.717) is 11.4 Å². The standard InChI is InChI=1S/C14H18N4O2/c1-10-11(16-13(19)7-8-15)5-4-6-12(10)17-14(20)9-18(2)3/h4-6H,7,9H2,1-3H3,(H,16,19)(H,17,20). The minimum absolute atomic E-state index is 0.126. The van der Waals surface area contributed by atoms with Crippen molar-refractivity contribution in [1.82, 2.24) is 4.90 Å². The normalized spacial score (nSPS) is 9.95. The van der Waals surface area contributed by atoms with Gasteiger partial charge in [-0.05, 0) is 38.7 Å². The van der Waals surface area contributed by atoms with E-state index in [1.807, 2.05) is 14.1 Å². The van der Waals surface area contributed by atoms with Gasteiger partial charge in [-0.2, -0.15) is 5.26 Å². The van der Waals surface area contributed by atoms with Crippen molar-refractivity contribution < 1.29 is 9.59 Å². The van der Waals surface area contributed by atoms with E-state index in [1.54, 1.807) is 36.1 Å². The summed E-state index contributed by atoms with van der Waals surface area (Å²) in [6.45, 7) is 2.08. The molecule has 0 unspecified atom stereocenters. The van der Waals surface area contributed by atoms with Crippen LogP contribution in [0.2, 0.25) is 0 Å². The van der Waals surface area contributed by atoms with Crippen LogP contribution in [0.5, 0.6) is 0 Å². The van der Waals surface area contributed by atoms with E-state index in [4.69, 9.17) is 5.26 Å². The maximum Gasteiger partial charge on any atom is 0.238 e. The number of nitriles is 1. The van der Waals surface area contributed by atoms with Crippen molar-refractivity contribution in [3.8, 4) is 6.07 Å². The van der Waals surface area contributed by atoms with Crippen LogP contribution in [0.1, 0.15) is 12.0 Å². The first-order valence-corrected chi connectivity index (χ1v) is 6.15. The van der Waals surface area contributed by atoms with Crippen LogP contribution in [0.25, 0.3) is 0 Å². The highest BCUT2D eigenvalue weighted by Crippen LogP contribution is 2.23. The van der Waals surface area contributed by atoms with Gasteiger partial charge < -0.3 is 15.5 Å². The van der Waals surface area contributed by atoms with Crippen molar-refractivity contribution >= 4 is 23.2 Å². The van der Waals surface area contributed by atoms with Crippen LogP contribution < -0.4 is 10.6 Å². The third-order valence-corrected chi connectivity index (χ3v) is 2.58. The molecule has 6 heteroatoms. The number of rotatable bonds is 5. The van der Waals surface area contributed by atoms with E-state index in [1.165, 1.54) is 0 Å². The van der Waals surface area contributed by atoms with Crippen LogP contribution in [0.15, 0.2) is 18.2 Å². The number of carbonyl (C=O) groups is 2. The average Bonchev–Trinajstić information content (AvgIpc) is 2.33. The predicted octanol–water partition coefficient (Wildman–Crippen LogP) is 1.35. The zero-order chi connectivity index (χ0) is 15.1. The number of hydrogen-bond acceptors (Lipinski definition) is 4. The highest BCUT2D eigenvalue weighted by atomic mass is 16.2. The molecule has 0 heterocycles. The lowest BCUT2D eigenvalue weighted by atomic mass is 10.1. The topological polar surface area (TPSA) is 85.2 Å². The number of nitrogens with zero attached hydrogens (tertiary/aromatic N) is 2. The number of likely N-dealkylation sites (N-methyl/N-ethyl adjacent to an activating group) is 1. The summed E-state index contributed by atoms with van der Waals surface area (Å²) < 4.78 is 0. The van der Waals surface area contributed by atoms with Crippen molar-refractivity contribution in [1.29, 1.82) is 5.26 Å². The Bertz CT molecular complexity index is 547. The second kappa shape index (κ2) is 7.26. The number of anilines is 2. The molecule has 20 heavy (non-hydrogen) atoms. The van der Waals surface area contributed by atoms with Crippen LogP contribution >= 0.6 is 0 Å². The van der Waals surface area contributed by atoms with Crippen molar-refractivity contribution in [3.05, 3.63) is 23.8 Å². The van der Waals surface area contributed by atoms with Gasteiger partial charge in [0.2, 0.25) is 11.8 Å². The summed E-state index contributed by atoms with van der Waals surface area (Å²) in [6, 6.07) is 7.02. The van der Waals surface area contributed by atoms with Gasteiger partial charge in [-0.3, -0.25) is 9.59 Å². The summed E-state index contributed by atoms with van der Waals surface area (Å²) in [4.78, 5) is 24.9. The summed E-state index contributed by atoms with van der Waals surface area (Å²) in [5.41, 5.74) is 1.99. The van der Waals surface area contributed by atoms with E-state index >= 15 is 0 Å². The third-order valence-electron chi connectivity index (χ3n) is 2.58. The number of hydrogen-bond donors (Lipinski definition) is 2. The third kappa shape index (κ3) is 4.71. The Labute approximate surface area is 118 Å². The van der Waals surface area contributed by atoms with Crippen molar-refractivity contribution in [2.24, 2.45) is 0 Å². The van der Waals surface area contributed by atoms with E-state index < -0.39 is 0 Å². The van der Waals surface area contributed by atoms with Crippen LogP contribution in [0.4, 0.5) is 11.4 Å². The number of carbonyl (C=O) groups excluding carboxylic acids is 2. The summed E-state index contributed by atoms with van der Waals surface area (Å²) >= 11 is 0. The predicted molar refractivity (Wildman–Crippen MR) is 77.2 cm³/mol. The lowest BCUT2D eigenvalue weighted by Crippen LogP contribution is -2.27. The molecular formula is C14H18N4O2. The average molecular weight is 274 g/mol. The first-order valence-electron chi connectivity index (χ1n) is 6.15. The molecule has 0 saturated carbocycles. The minimum atomic E-state index is -0.368. The molecule has 0 aliphatic rings. The van der Waals surface area contributed by atoms with Crippen LogP contribution in [-0.4, -0.2) is 37.4 Å². The van der Waals surface area contributed by atoms with Gasteiger partial charge in [0.1, 0.15) is 6.42 Å². The molecular weight excluding hydrogens is 256 g/mol. The molecule has 0 bridgehead atoms. The zero-order valence-corrected chi connectivity index (χ0v) is 11.9. The molecule has 0 spiro atoms. The van der Waals surface area contributed by atoms with Gasteiger partial charge in [-0.25, -0.2) is 0 Å². The van der Waals surface area contributed by atoms with Crippen LogP contribution in [0.3, 0.4) is 0 Å². The molecule has 0 radical (unpaired) electrons. The Morgan fingerprint density at radius 3 is 2.25 bits per heavy atom. The lowest BCUT2D eigenvalue weighted by Gasteiger charge is -2.14. The summed E-state index contributed by atoms with van der Waals surface area (Å²) in [5, 5.41) is 13.9. The van der Waals surface area contributed by atoms with Crippen LogP contribution in [0, 0.1) is 18.3 Å². The molecule has 0 aromatic heterocycles. The molecule has 2 N–H and O–H groups in total. The van der Waals surface area contributed by atoms with E-state index in [-0.39, 0.29) is 24.8 Å². The fourth-order valence-corrected chi connectivity index (χ4v) is 1.65. The molecule has 0 aliphatic carbocycles. The van der Waals surface area contributed by atoms with E-state index in [9.17, 15) is 9.59 Å². The van der Waals surface area contributed by atoms with Gasteiger partial charge in [-0.15, -0.1) is 0 Å². The van der Waals surface area contributed by atoms with E-state index in [2.05, 4.69) is 10.6 Å². The summed E-state index contributed by atoms with van der Waals surface area (Å²) in [7, 11) is 3.62. The highest BCUT2D eigenvalue weighted by Gasteiger charge is 2.10. The van der Waals surface area contributed by atoms with Crippen molar-refractivity contribution in [2.45, 2.75) is 13.3 Å². The Kier molecular flexibility index (Phi) is 5.69. The molecule has 1 aromatic rings. The van der Waals surface area contributed by atoms with Crippen molar-refractivity contribution in [2.75, 3.05) is 31.3 Å². The SMILES string of the molecule is Cc1c(NC(=O)CC#N)cccc1NC(=O)CN(C)C. The lowest BCUT2D eigenvalue weighted by molar-refractivity contribution is -0.117. The molecule has 1 aromatic carbocycles. The number of amides is 2. The monoisotopic (exact) mass is 274 g/mol. The Morgan fingerprint density at radius 1 is 1.20 bits per heavy atom. The van der Waals surface area contributed by atoms with Gasteiger partial charge in [0.15, 0.2) is 0 Å². The van der Waals surface area contributed by atoms with Gasteiger partial charge in [0, 0.05) is 11.4 Å². The largest absolute Gasteiger partial charge is 0.325 e. The number of benzene rings is 1. The van der Waals surface area contributed by atoms with Crippen LogP contribution in [-0.2, 0) is 9.59 Å². The van der Waals surface area contributed by atoms with E-state index in [0.717, 1.165) is 5.56 Å². The Hall–Kier alpha value is -2.39. The molecule has 0 atom stereocenters.